The molecule has 1 aliphatic rings. The number of nitrogens with zero attached hydrogens (tertiary/aromatic N) is 2. The lowest BCUT2D eigenvalue weighted by Gasteiger charge is -2.33. The number of halogens is 1. The molecule has 30 heavy (non-hydrogen) atoms. The van der Waals surface area contributed by atoms with Gasteiger partial charge >= 0.3 is 0 Å². The van der Waals surface area contributed by atoms with Crippen LogP contribution in [0.3, 0.4) is 0 Å². The smallest absolute Gasteiger partial charge is 0.289 e. The Morgan fingerprint density at radius 2 is 1.53 bits per heavy atom. The lowest BCUT2D eigenvalue weighted by Crippen LogP contribution is -2.50. The van der Waals surface area contributed by atoms with Crippen molar-refractivity contribution in [3.05, 3.63) is 76.5 Å². The Hall–Kier alpha value is -2.65. The first-order valence-electron chi connectivity index (χ1n) is 9.36. The van der Waals surface area contributed by atoms with Crippen LogP contribution in [0.25, 0.3) is 0 Å². The minimum Gasteiger partial charge on any atom is -0.459 e. The number of furan rings is 2. The fraction of sp³-hybridized carbons (Fsp3) is 0.238. The van der Waals surface area contributed by atoms with Gasteiger partial charge in [-0.1, -0.05) is 15.9 Å². The molecular weight excluding hydrogens is 472 g/mol. The molecule has 1 aromatic carbocycles. The Labute approximate surface area is 184 Å². The predicted octanol–water partition coefficient (Wildman–Crippen LogP) is 3.54. The molecule has 1 atom stereocenters. The fourth-order valence-corrected chi connectivity index (χ4v) is 4.48. The van der Waals surface area contributed by atoms with Gasteiger partial charge in [-0.3, -0.25) is 13.8 Å². The molecule has 0 bridgehead atoms. The van der Waals surface area contributed by atoms with Crippen molar-refractivity contribution in [1.29, 1.82) is 0 Å². The topological polar surface area (TPSA) is 84.0 Å². The standard InChI is InChI=1S/C21H19BrN2O5S/c22-15-3-6-17(7-4-15)30(27)14-16-5-8-19(29-16)21(26)24-11-9-23(10-12-24)20(25)18-2-1-13-28-18/h1-8,13H,9-12,14H2/t30-/m0/s1. The summed E-state index contributed by atoms with van der Waals surface area (Å²) in [5, 5.41) is 0. The minimum absolute atomic E-state index is 0.178. The summed E-state index contributed by atoms with van der Waals surface area (Å²) in [4.78, 5) is 29.1. The van der Waals surface area contributed by atoms with E-state index in [1.807, 2.05) is 12.1 Å². The summed E-state index contributed by atoms with van der Waals surface area (Å²) in [5.41, 5.74) is 0. The molecule has 1 saturated heterocycles. The molecule has 0 aliphatic carbocycles. The second-order valence-corrected chi connectivity index (χ2v) is 9.14. The monoisotopic (exact) mass is 490 g/mol. The molecule has 4 rings (SSSR count). The molecule has 3 aromatic rings. The Morgan fingerprint density at radius 1 is 0.900 bits per heavy atom. The first-order chi connectivity index (χ1) is 14.5. The van der Waals surface area contributed by atoms with E-state index in [-0.39, 0.29) is 23.3 Å². The van der Waals surface area contributed by atoms with Crippen molar-refractivity contribution in [3.63, 3.8) is 0 Å². The number of carbonyl (C=O) groups is 2. The van der Waals surface area contributed by atoms with Crippen LogP contribution in [-0.2, 0) is 16.6 Å². The third-order valence-electron chi connectivity index (χ3n) is 4.81. The van der Waals surface area contributed by atoms with Crippen LogP contribution in [0, 0.1) is 0 Å². The number of benzene rings is 1. The van der Waals surface area contributed by atoms with E-state index in [1.54, 1.807) is 46.2 Å². The van der Waals surface area contributed by atoms with Gasteiger partial charge < -0.3 is 18.6 Å². The van der Waals surface area contributed by atoms with E-state index < -0.39 is 10.8 Å². The van der Waals surface area contributed by atoms with Crippen LogP contribution in [0.1, 0.15) is 26.9 Å². The highest BCUT2D eigenvalue weighted by atomic mass is 79.9. The quantitative estimate of drug-likeness (QED) is 0.545. The van der Waals surface area contributed by atoms with Gasteiger partial charge in [0.1, 0.15) is 5.76 Å². The van der Waals surface area contributed by atoms with E-state index in [2.05, 4.69) is 15.9 Å². The van der Waals surface area contributed by atoms with E-state index in [9.17, 15) is 13.8 Å². The number of carbonyl (C=O) groups excluding carboxylic acids is 2. The van der Waals surface area contributed by atoms with E-state index in [0.29, 0.717) is 42.6 Å². The van der Waals surface area contributed by atoms with Gasteiger partial charge in [-0.2, -0.15) is 0 Å². The number of rotatable bonds is 5. The summed E-state index contributed by atoms with van der Waals surface area (Å²) < 4.78 is 24.2. The van der Waals surface area contributed by atoms with Crippen LogP contribution < -0.4 is 0 Å². The summed E-state index contributed by atoms with van der Waals surface area (Å²) in [6.45, 7) is 1.66. The third-order valence-corrected chi connectivity index (χ3v) is 6.68. The normalized spacial score (nSPS) is 15.2. The van der Waals surface area contributed by atoms with Crippen molar-refractivity contribution in [2.75, 3.05) is 26.2 Å². The summed E-state index contributed by atoms with van der Waals surface area (Å²) in [7, 11) is -1.26. The van der Waals surface area contributed by atoms with Gasteiger partial charge in [0.2, 0.25) is 0 Å². The van der Waals surface area contributed by atoms with Crippen LogP contribution in [0.2, 0.25) is 0 Å². The molecule has 0 N–H and O–H groups in total. The number of hydrogen-bond acceptors (Lipinski definition) is 5. The van der Waals surface area contributed by atoms with Crippen LogP contribution >= 0.6 is 15.9 Å². The second-order valence-electron chi connectivity index (χ2n) is 6.77. The van der Waals surface area contributed by atoms with Crippen LogP contribution in [0.15, 0.2) is 73.0 Å². The molecule has 0 spiro atoms. The van der Waals surface area contributed by atoms with Crippen LogP contribution in [-0.4, -0.2) is 52.0 Å². The zero-order valence-corrected chi connectivity index (χ0v) is 18.4. The van der Waals surface area contributed by atoms with E-state index >= 15 is 0 Å². The van der Waals surface area contributed by atoms with Crippen molar-refractivity contribution < 1.29 is 22.6 Å². The maximum absolute atomic E-state index is 12.7. The highest BCUT2D eigenvalue weighted by molar-refractivity contribution is 9.10. The first-order valence-corrected chi connectivity index (χ1v) is 11.5. The van der Waals surface area contributed by atoms with Gasteiger partial charge in [0, 0.05) is 35.5 Å². The molecule has 0 saturated carbocycles. The Bertz CT molecular complexity index is 1050. The van der Waals surface area contributed by atoms with Crippen molar-refractivity contribution in [3.8, 4) is 0 Å². The zero-order valence-electron chi connectivity index (χ0n) is 16.0. The summed E-state index contributed by atoms with van der Waals surface area (Å²) in [6, 6.07) is 13.8. The van der Waals surface area contributed by atoms with Gasteiger partial charge in [-0.05, 0) is 48.5 Å². The highest BCUT2D eigenvalue weighted by Gasteiger charge is 2.28. The zero-order chi connectivity index (χ0) is 21.1. The van der Waals surface area contributed by atoms with Gasteiger partial charge in [-0.25, -0.2) is 0 Å². The molecule has 9 heteroatoms. The largest absolute Gasteiger partial charge is 0.459 e. The maximum Gasteiger partial charge on any atom is 0.289 e. The summed E-state index contributed by atoms with van der Waals surface area (Å²) >= 11 is 3.35. The molecule has 0 radical (unpaired) electrons. The number of piperazine rings is 1. The first kappa shape index (κ1) is 20.6. The lowest BCUT2D eigenvalue weighted by molar-refractivity contribution is 0.0501. The Kier molecular flexibility index (Phi) is 6.19. The molecule has 1 fully saturated rings. The summed E-state index contributed by atoms with van der Waals surface area (Å²) in [6.07, 6.45) is 1.46. The second kappa shape index (κ2) is 9.01. The molecular formula is C21H19BrN2O5S. The van der Waals surface area contributed by atoms with E-state index in [0.717, 1.165) is 4.47 Å². The molecule has 2 amide bonds. The van der Waals surface area contributed by atoms with Crippen molar-refractivity contribution in [2.45, 2.75) is 10.6 Å². The third kappa shape index (κ3) is 4.57. The Balaban J connectivity index is 1.33. The predicted molar refractivity (Wildman–Crippen MR) is 113 cm³/mol. The lowest BCUT2D eigenvalue weighted by atomic mass is 10.2. The fourth-order valence-electron chi connectivity index (χ4n) is 3.19. The van der Waals surface area contributed by atoms with E-state index in [4.69, 9.17) is 8.83 Å². The van der Waals surface area contributed by atoms with E-state index in [1.165, 1.54) is 6.26 Å². The minimum atomic E-state index is -1.26. The molecule has 1 aliphatic heterocycles. The number of hydrogen-bond donors (Lipinski definition) is 0. The van der Waals surface area contributed by atoms with Gasteiger partial charge in [0.25, 0.3) is 11.8 Å². The van der Waals surface area contributed by atoms with Gasteiger partial charge in [0.05, 0.1) is 22.8 Å². The molecule has 2 aromatic heterocycles. The molecule has 3 heterocycles. The highest BCUT2D eigenvalue weighted by Crippen LogP contribution is 2.19. The molecule has 156 valence electrons. The average molecular weight is 491 g/mol. The summed E-state index contributed by atoms with van der Waals surface area (Å²) in [5.74, 6) is 0.781. The molecule has 7 nitrogen and oxygen atoms in total. The molecule has 0 unspecified atom stereocenters. The van der Waals surface area contributed by atoms with Crippen LogP contribution in [0.5, 0.6) is 0 Å². The average Bonchev–Trinajstić information content (AvgIpc) is 3.46. The maximum atomic E-state index is 12.7. The van der Waals surface area contributed by atoms with Crippen LogP contribution in [0.4, 0.5) is 0 Å². The van der Waals surface area contributed by atoms with Gasteiger partial charge in [0.15, 0.2) is 11.5 Å². The SMILES string of the molecule is O=C(c1ccco1)N1CCN(C(=O)c2ccc(C[S@](=O)c3ccc(Br)cc3)o2)CC1. The van der Waals surface area contributed by atoms with Crippen molar-refractivity contribution in [1.82, 2.24) is 9.80 Å². The van der Waals surface area contributed by atoms with Gasteiger partial charge in [-0.15, -0.1) is 0 Å². The Morgan fingerprint density at radius 3 is 2.13 bits per heavy atom. The van der Waals surface area contributed by atoms with Crippen molar-refractivity contribution in [2.24, 2.45) is 0 Å². The number of amides is 2. The van der Waals surface area contributed by atoms with Crippen molar-refractivity contribution >= 4 is 38.5 Å².